The standard InChI is InChI=1S/C22H26N6O.HI/c1-2-23-22(24-13-12-20-26-18-10-6-7-11-19(18)27-20)25-16-14-21(29)28(15-16)17-8-4-3-5-9-17;/h3-11,16H,2,12-15H2,1H3,(H,26,27)(H2,23,24,25);1H. The van der Waals surface area contributed by atoms with Crippen molar-refractivity contribution < 1.29 is 4.79 Å². The van der Waals surface area contributed by atoms with Crippen molar-refractivity contribution in [1.82, 2.24) is 20.6 Å². The molecule has 0 bridgehead atoms. The van der Waals surface area contributed by atoms with E-state index in [0.717, 1.165) is 41.5 Å². The predicted octanol–water partition coefficient (Wildman–Crippen LogP) is 3.08. The van der Waals surface area contributed by atoms with E-state index in [4.69, 9.17) is 0 Å². The molecule has 0 saturated carbocycles. The van der Waals surface area contributed by atoms with Crippen LogP contribution in [0.3, 0.4) is 0 Å². The molecule has 0 spiro atoms. The van der Waals surface area contributed by atoms with Crippen molar-refractivity contribution in [1.29, 1.82) is 0 Å². The maximum absolute atomic E-state index is 12.4. The van der Waals surface area contributed by atoms with Gasteiger partial charge in [-0.2, -0.15) is 0 Å². The number of hydrogen-bond acceptors (Lipinski definition) is 3. The second kappa shape index (κ2) is 10.4. The highest BCUT2D eigenvalue weighted by atomic mass is 127. The average Bonchev–Trinajstić information content (AvgIpc) is 3.31. The number of aliphatic imine (C=N–C) groups is 1. The fraction of sp³-hybridized carbons (Fsp3) is 0.318. The van der Waals surface area contributed by atoms with Gasteiger partial charge >= 0.3 is 0 Å². The van der Waals surface area contributed by atoms with E-state index in [-0.39, 0.29) is 35.9 Å². The molecule has 1 aromatic heterocycles. The van der Waals surface area contributed by atoms with Crippen molar-refractivity contribution in [3.8, 4) is 0 Å². The van der Waals surface area contributed by atoms with Crippen molar-refractivity contribution in [2.24, 2.45) is 4.99 Å². The van der Waals surface area contributed by atoms with Crippen LogP contribution in [0.15, 0.2) is 59.6 Å². The summed E-state index contributed by atoms with van der Waals surface area (Å²) in [7, 11) is 0. The van der Waals surface area contributed by atoms with Gasteiger partial charge in [0.05, 0.1) is 17.1 Å². The number of H-pyrrole nitrogens is 1. The number of anilines is 1. The number of nitrogens with zero attached hydrogens (tertiary/aromatic N) is 3. The van der Waals surface area contributed by atoms with E-state index in [0.29, 0.717) is 19.5 Å². The Hall–Kier alpha value is -2.62. The van der Waals surface area contributed by atoms with E-state index in [9.17, 15) is 4.79 Å². The summed E-state index contributed by atoms with van der Waals surface area (Å²) in [6.07, 6.45) is 1.19. The highest BCUT2D eigenvalue weighted by Gasteiger charge is 2.31. The number of imidazole rings is 1. The number of nitrogens with one attached hydrogen (secondary N) is 3. The van der Waals surface area contributed by atoms with Gasteiger partial charge in [-0.1, -0.05) is 30.3 Å². The van der Waals surface area contributed by atoms with E-state index in [1.807, 2.05) is 66.4 Å². The molecule has 158 valence electrons. The van der Waals surface area contributed by atoms with Gasteiger partial charge in [-0.25, -0.2) is 4.98 Å². The van der Waals surface area contributed by atoms with E-state index >= 15 is 0 Å². The highest BCUT2D eigenvalue weighted by Crippen LogP contribution is 2.21. The molecule has 1 aliphatic heterocycles. The summed E-state index contributed by atoms with van der Waals surface area (Å²) >= 11 is 0. The van der Waals surface area contributed by atoms with Crippen LogP contribution in [0.4, 0.5) is 5.69 Å². The van der Waals surface area contributed by atoms with Gasteiger partial charge in [0, 0.05) is 38.2 Å². The number of carbonyl (C=O) groups is 1. The van der Waals surface area contributed by atoms with Crippen LogP contribution in [0.25, 0.3) is 11.0 Å². The van der Waals surface area contributed by atoms with Crippen LogP contribution in [-0.4, -0.2) is 47.5 Å². The zero-order valence-electron chi connectivity index (χ0n) is 17.0. The van der Waals surface area contributed by atoms with Crippen LogP contribution in [0, 0.1) is 0 Å². The maximum Gasteiger partial charge on any atom is 0.229 e. The first-order valence-electron chi connectivity index (χ1n) is 10.1. The van der Waals surface area contributed by atoms with Crippen LogP contribution in [0.1, 0.15) is 19.2 Å². The Labute approximate surface area is 193 Å². The molecule has 1 fully saturated rings. The van der Waals surface area contributed by atoms with Crippen LogP contribution < -0.4 is 15.5 Å². The van der Waals surface area contributed by atoms with Gasteiger partial charge in [0.25, 0.3) is 0 Å². The van der Waals surface area contributed by atoms with Crippen molar-refractivity contribution >= 4 is 52.6 Å². The number of aromatic amines is 1. The minimum Gasteiger partial charge on any atom is -0.357 e. The Morgan fingerprint density at radius 2 is 1.97 bits per heavy atom. The number of fused-ring (bicyclic) bond motifs is 1. The van der Waals surface area contributed by atoms with Gasteiger partial charge in [0.15, 0.2) is 5.96 Å². The quantitative estimate of drug-likeness (QED) is 0.266. The third-order valence-electron chi connectivity index (χ3n) is 4.93. The normalized spacial score (nSPS) is 16.6. The second-order valence-corrected chi connectivity index (χ2v) is 7.10. The first kappa shape index (κ1) is 22.1. The molecular weight excluding hydrogens is 491 g/mol. The number of rotatable bonds is 6. The summed E-state index contributed by atoms with van der Waals surface area (Å²) in [4.78, 5) is 26.8. The molecular formula is C22H27IN6O. The zero-order valence-corrected chi connectivity index (χ0v) is 19.3. The smallest absolute Gasteiger partial charge is 0.229 e. The molecule has 1 aliphatic rings. The lowest BCUT2D eigenvalue weighted by Crippen LogP contribution is -2.44. The molecule has 1 unspecified atom stereocenters. The lowest BCUT2D eigenvalue weighted by Gasteiger charge is -2.19. The predicted molar refractivity (Wildman–Crippen MR) is 132 cm³/mol. The van der Waals surface area contributed by atoms with Crippen LogP contribution in [-0.2, 0) is 11.2 Å². The summed E-state index contributed by atoms with van der Waals surface area (Å²) in [6.45, 7) is 4.04. The number of guanidine groups is 1. The van der Waals surface area contributed by atoms with Crippen molar-refractivity contribution in [3.63, 3.8) is 0 Å². The fourth-order valence-electron chi connectivity index (χ4n) is 3.57. The van der Waals surface area contributed by atoms with Gasteiger partial charge in [-0.05, 0) is 31.2 Å². The summed E-state index contributed by atoms with van der Waals surface area (Å²) in [5.74, 6) is 1.79. The largest absolute Gasteiger partial charge is 0.357 e. The molecule has 30 heavy (non-hydrogen) atoms. The molecule has 2 aromatic carbocycles. The number of halogens is 1. The lowest BCUT2D eigenvalue weighted by molar-refractivity contribution is -0.117. The van der Waals surface area contributed by atoms with Crippen molar-refractivity contribution in [3.05, 3.63) is 60.4 Å². The molecule has 3 N–H and O–H groups in total. The highest BCUT2D eigenvalue weighted by molar-refractivity contribution is 14.0. The SMILES string of the molecule is CCNC(=NCCc1nc2ccccc2[nH]1)NC1CC(=O)N(c2ccccc2)C1.I. The van der Waals surface area contributed by atoms with Crippen LogP contribution >= 0.6 is 24.0 Å². The Morgan fingerprint density at radius 1 is 1.20 bits per heavy atom. The lowest BCUT2D eigenvalue weighted by atomic mass is 10.2. The number of para-hydroxylation sites is 3. The summed E-state index contributed by atoms with van der Waals surface area (Å²) < 4.78 is 0. The van der Waals surface area contributed by atoms with Crippen LogP contribution in [0.5, 0.6) is 0 Å². The molecule has 8 heteroatoms. The zero-order chi connectivity index (χ0) is 20.1. The molecule has 4 rings (SSSR count). The molecule has 7 nitrogen and oxygen atoms in total. The molecule has 0 aliphatic carbocycles. The number of benzene rings is 2. The third kappa shape index (κ3) is 5.29. The molecule has 1 amide bonds. The van der Waals surface area contributed by atoms with Crippen molar-refractivity contribution in [2.45, 2.75) is 25.8 Å². The van der Waals surface area contributed by atoms with Crippen molar-refractivity contribution in [2.75, 3.05) is 24.5 Å². The van der Waals surface area contributed by atoms with Gasteiger partial charge in [-0.3, -0.25) is 9.79 Å². The van der Waals surface area contributed by atoms with E-state index in [1.54, 1.807) is 0 Å². The number of amides is 1. The Morgan fingerprint density at radius 3 is 2.73 bits per heavy atom. The molecule has 1 saturated heterocycles. The average molecular weight is 518 g/mol. The fourth-order valence-corrected chi connectivity index (χ4v) is 3.57. The van der Waals surface area contributed by atoms with Gasteiger partial charge < -0.3 is 20.5 Å². The van der Waals surface area contributed by atoms with E-state index in [1.165, 1.54) is 0 Å². The van der Waals surface area contributed by atoms with Gasteiger partial charge in [-0.15, -0.1) is 24.0 Å². The molecule has 0 radical (unpaired) electrons. The summed E-state index contributed by atoms with van der Waals surface area (Å²) in [5, 5.41) is 6.68. The Kier molecular flexibility index (Phi) is 7.67. The maximum atomic E-state index is 12.4. The molecule has 1 atom stereocenters. The van der Waals surface area contributed by atoms with E-state index in [2.05, 4.69) is 25.6 Å². The number of carbonyl (C=O) groups excluding carboxylic acids is 1. The Balaban J connectivity index is 0.00000256. The van der Waals surface area contributed by atoms with Crippen LogP contribution in [0.2, 0.25) is 0 Å². The van der Waals surface area contributed by atoms with Gasteiger partial charge in [0.2, 0.25) is 5.91 Å². The monoisotopic (exact) mass is 518 g/mol. The third-order valence-corrected chi connectivity index (χ3v) is 4.93. The number of aromatic nitrogens is 2. The second-order valence-electron chi connectivity index (χ2n) is 7.10. The summed E-state index contributed by atoms with van der Waals surface area (Å²) in [5.41, 5.74) is 2.96. The first-order chi connectivity index (χ1) is 14.2. The molecule has 2 heterocycles. The minimum absolute atomic E-state index is 0. The Bertz CT molecular complexity index is 970. The minimum atomic E-state index is 0. The number of hydrogen-bond donors (Lipinski definition) is 3. The summed E-state index contributed by atoms with van der Waals surface area (Å²) in [6, 6.07) is 17.8. The van der Waals surface area contributed by atoms with E-state index < -0.39 is 0 Å². The topological polar surface area (TPSA) is 85.4 Å². The first-order valence-corrected chi connectivity index (χ1v) is 10.1. The molecule has 3 aromatic rings. The van der Waals surface area contributed by atoms with Gasteiger partial charge in [0.1, 0.15) is 5.82 Å².